The molecule has 2 aliphatic heterocycles. The first-order chi connectivity index (χ1) is 15.4. The van der Waals surface area contributed by atoms with Gasteiger partial charge in [0, 0.05) is 11.8 Å². The van der Waals surface area contributed by atoms with Gasteiger partial charge in [0.2, 0.25) is 6.23 Å². The minimum absolute atomic E-state index is 0.0603. The van der Waals surface area contributed by atoms with Crippen LogP contribution in [-0.2, 0) is 20.4 Å². The Labute approximate surface area is 186 Å². The molecule has 0 radical (unpaired) electrons. The van der Waals surface area contributed by atoms with Crippen LogP contribution in [0.3, 0.4) is 0 Å². The second-order valence-corrected chi connectivity index (χ2v) is 9.20. The minimum Gasteiger partial charge on any atom is -0.383 e. The van der Waals surface area contributed by atoms with E-state index in [0.29, 0.717) is 11.8 Å². The van der Waals surface area contributed by atoms with Gasteiger partial charge in [-0.15, -0.1) is 9.05 Å². The van der Waals surface area contributed by atoms with Gasteiger partial charge in [-0.05, 0) is 6.07 Å². The molecule has 180 valence electrons. The van der Waals surface area contributed by atoms with Crippen molar-refractivity contribution < 1.29 is 45.9 Å². The van der Waals surface area contributed by atoms with Crippen LogP contribution >= 0.6 is 19.8 Å². The molecule has 3 heterocycles. The van der Waals surface area contributed by atoms with E-state index in [-0.39, 0.29) is 16.9 Å². The van der Waals surface area contributed by atoms with E-state index in [1.807, 2.05) is 0 Å². The topological polar surface area (TPSA) is 132 Å². The first-order valence-electron chi connectivity index (χ1n) is 9.11. The van der Waals surface area contributed by atoms with Crippen LogP contribution in [0.25, 0.3) is 0 Å². The third-order valence-electron chi connectivity index (χ3n) is 5.06. The monoisotopic (exact) mass is 517 g/mol. The summed E-state index contributed by atoms with van der Waals surface area (Å²) in [7, 11) is -4.32. The van der Waals surface area contributed by atoms with Crippen molar-refractivity contribution >= 4 is 19.8 Å². The summed E-state index contributed by atoms with van der Waals surface area (Å²) in [6.07, 6.45) is -9.34. The molecule has 10 nitrogen and oxygen atoms in total. The molecule has 4 rings (SSSR count). The lowest BCUT2D eigenvalue weighted by atomic mass is 9.96. The standard InChI is InChI=1S/C17H14ClF4N2O8P/c18-9-5-24(15(27)23-11(9)25)14-17(21,22)12(26)16(31-14,13(19)20)7-30-33(28)29-6-8-3-1-2-4-10(8)32-33/h1-5,12-14,26,28H,6-7H2/p+1/t12-,14+,16+,33?/m0/s1. The number of fused-ring (bicyclic) bond motifs is 1. The molecular weight excluding hydrogens is 503 g/mol. The van der Waals surface area contributed by atoms with Crippen molar-refractivity contribution in [1.29, 1.82) is 0 Å². The maximum absolute atomic E-state index is 14.8. The molecule has 1 aromatic heterocycles. The summed E-state index contributed by atoms with van der Waals surface area (Å²) in [4.78, 5) is 35.5. The van der Waals surface area contributed by atoms with Crippen LogP contribution in [0.2, 0.25) is 5.02 Å². The van der Waals surface area contributed by atoms with Crippen LogP contribution in [0.15, 0.2) is 40.1 Å². The maximum atomic E-state index is 14.8. The molecule has 1 aromatic carbocycles. The number of benzene rings is 1. The number of hydrogen-bond donors (Lipinski definition) is 3. The predicted molar refractivity (Wildman–Crippen MR) is 103 cm³/mol. The lowest BCUT2D eigenvalue weighted by Crippen LogP contribution is -2.54. The van der Waals surface area contributed by atoms with E-state index in [4.69, 9.17) is 29.9 Å². The minimum atomic E-state index is -4.48. The summed E-state index contributed by atoms with van der Waals surface area (Å²) < 4.78 is 77.8. The number of halogens is 5. The van der Waals surface area contributed by atoms with Crippen LogP contribution in [0, 0.1) is 0 Å². The van der Waals surface area contributed by atoms with E-state index < -0.39 is 61.3 Å². The van der Waals surface area contributed by atoms with Gasteiger partial charge in [0.15, 0.2) is 17.5 Å². The number of aliphatic hydroxyl groups is 1. The zero-order chi connectivity index (χ0) is 24.2. The van der Waals surface area contributed by atoms with Gasteiger partial charge in [-0.3, -0.25) is 18.9 Å². The number of aliphatic hydroxyl groups excluding tert-OH is 1. The number of para-hydroxylation sites is 1. The van der Waals surface area contributed by atoms with Crippen molar-refractivity contribution in [2.24, 2.45) is 0 Å². The Morgan fingerprint density at radius 2 is 2.03 bits per heavy atom. The van der Waals surface area contributed by atoms with Crippen molar-refractivity contribution in [2.45, 2.75) is 36.9 Å². The lowest BCUT2D eigenvalue weighted by Gasteiger charge is -2.30. The Bertz CT molecular complexity index is 1180. The van der Waals surface area contributed by atoms with E-state index in [1.54, 1.807) is 23.2 Å². The van der Waals surface area contributed by atoms with E-state index in [1.165, 1.54) is 6.07 Å². The van der Waals surface area contributed by atoms with E-state index in [2.05, 4.69) is 0 Å². The average molecular weight is 518 g/mol. The number of aromatic nitrogens is 2. The quantitative estimate of drug-likeness (QED) is 0.405. The van der Waals surface area contributed by atoms with Crippen molar-refractivity contribution in [3.63, 3.8) is 0 Å². The molecule has 0 amide bonds. The molecule has 0 bridgehead atoms. The third kappa shape index (κ3) is 4.05. The number of ether oxygens (including phenoxy) is 1. The number of nitrogens with zero attached hydrogens (tertiary/aromatic N) is 1. The summed E-state index contributed by atoms with van der Waals surface area (Å²) in [5, 5.41) is 9.44. The van der Waals surface area contributed by atoms with Crippen molar-refractivity contribution in [1.82, 2.24) is 9.55 Å². The molecular formula is C17H15ClF4N2O8P+. The fraction of sp³-hybridized carbons (Fsp3) is 0.412. The van der Waals surface area contributed by atoms with Crippen LogP contribution in [0.4, 0.5) is 17.6 Å². The average Bonchev–Trinajstić information content (AvgIpc) is 2.96. The zero-order valence-electron chi connectivity index (χ0n) is 16.2. The van der Waals surface area contributed by atoms with Gasteiger partial charge in [-0.1, -0.05) is 29.8 Å². The Balaban J connectivity index is 1.64. The zero-order valence-corrected chi connectivity index (χ0v) is 17.8. The van der Waals surface area contributed by atoms with Crippen LogP contribution in [-0.4, -0.2) is 50.2 Å². The van der Waals surface area contributed by atoms with E-state index in [0.717, 1.165) is 0 Å². The van der Waals surface area contributed by atoms with Crippen LogP contribution in [0.1, 0.15) is 11.8 Å². The number of hydrogen-bond acceptors (Lipinski definition) is 8. The van der Waals surface area contributed by atoms with Crippen molar-refractivity contribution in [2.75, 3.05) is 6.61 Å². The van der Waals surface area contributed by atoms with Crippen molar-refractivity contribution in [3.05, 3.63) is 61.9 Å². The fourth-order valence-electron chi connectivity index (χ4n) is 3.30. The third-order valence-corrected chi connectivity index (χ3v) is 6.66. The molecule has 1 fully saturated rings. The van der Waals surface area contributed by atoms with E-state index in [9.17, 15) is 37.2 Å². The second kappa shape index (κ2) is 8.31. The maximum Gasteiger partial charge on any atom is 0.619 e. The van der Waals surface area contributed by atoms with Crippen molar-refractivity contribution in [3.8, 4) is 5.75 Å². The first-order valence-corrected chi connectivity index (χ1v) is 11.0. The number of H-pyrrole nitrogens is 1. The van der Waals surface area contributed by atoms with Gasteiger partial charge in [0.05, 0.1) is 0 Å². The van der Waals surface area contributed by atoms with Gasteiger partial charge in [0.25, 0.3) is 12.0 Å². The largest absolute Gasteiger partial charge is 0.619 e. The van der Waals surface area contributed by atoms with Crippen LogP contribution in [0.5, 0.6) is 5.75 Å². The predicted octanol–water partition coefficient (Wildman–Crippen LogP) is 2.01. The van der Waals surface area contributed by atoms with Gasteiger partial charge in [-0.2, -0.15) is 13.7 Å². The fourth-order valence-corrected chi connectivity index (χ4v) is 4.72. The molecule has 33 heavy (non-hydrogen) atoms. The van der Waals surface area contributed by atoms with Gasteiger partial charge >= 0.3 is 19.8 Å². The van der Waals surface area contributed by atoms with Gasteiger partial charge < -0.3 is 9.84 Å². The second-order valence-electron chi connectivity index (χ2n) is 7.16. The normalized spacial score (nSPS) is 30.8. The molecule has 1 saturated heterocycles. The van der Waals surface area contributed by atoms with Crippen LogP contribution < -0.4 is 15.8 Å². The molecule has 1 unspecified atom stereocenters. The SMILES string of the molecule is O=c1[nH]c(=O)n([C@@H]2O[C@@](CO[P+]3(O)OCc4ccccc4O3)(C(F)F)[C@H](O)C2(F)F)cc1Cl. The van der Waals surface area contributed by atoms with Gasteiger partial charge in [0.1, 0.15) is 18.2 Å². The first kappa shape index (κ1) is 24.1. The Morgan fingerprint density at radius 1 is 1.33 bits per heavy atom. The lowest BCUT2D eigenvalue weighted by molar-refractivity contribution is -0.195. The highest BCUT2D eigenvalue weighted by atomic mass is 35.5. The summed E-state index contributed by atoms with van der Waals surface area (Å²) in [6, 6.07) is 6.24. The number of alkyl halides is 4. The number of nitrogens with one attached hydrogen (secondary N) is 1. The summed E-state index contributed by atoms with van der Waals surface area (Å²) >= 11 is 5.55. The summed E-state index contributed by atoms with van der Waals surface area (Å²) in [5.74, 6) is -4.36. The van der Waals surface area contributed by atoms with Gasteiger partial charge in [-0.25, -0.2) is 13.6 Å². The Morgan fingerprint density at radius 3 is 2.73 bits per heavy atom. The van der Waals surface area contributed by atoms with E-state index >= 15 is 0 Å². The highest BCUT2D eigenvalue weighted by Gasteiger charge is 2.72. The molecule has 4 atom stereocenters. The number of aromatic amines is 1. The number of rotatable bonds is 5. The molecule has 3 N–H and O–H groups in total. The summed E-state index contributed by atoms with van der Waals surface area (Å²) in [5.41, 5.74) is -5.47. The molecule has 0 aliphatic carbocycles. The Kier molecular flexibility index (Phi) is 6.06. The molecule has 2 aliphatic rings. The summed E-state index contributed by atoms with van der Waals surface area (Å²) in [6.45, 7) is -1.73. The molecule has 2 aromatic rings. The molecule has 0 saturated carbocycles. The molecule has 0 spiro atoms. The highest BCUT2D eigenvalue weighted by Crippen LogP contribution is 2.63. The Hall–Kier alpha value is -2.06. The smallest absolute Gasteiger partial charge is 0.383 e. The molecule has 16 heteroatoms. The highest BCUT2D eigenvalue weighted by molar-refractivity contribution is 7.55.